The third-order valence-corrected chi connectivity index (χ3v) is 3.16. The Bertz CT molecular complexity index is 530. The molecule has 0 saturated carbocycles. The quantitative estimate of drug-likeness (QED) is 0.651. The van der Waals surface area contributed by atoms with Crippen molar-refractivity contribution in [3.63, 3.8) is 0 Å². The summed E-state index contributed by atoms with van der Waals surface area (Å²) in [5.41, 5.74) is 3.44. The zero-order valence-electron chi connectivity index (χ0n) is 10.5. The minimum absolute atomic E-state index is 0.125. The molecule has 2 rings (SSSR count). The summed E-state index contributed by atoms with van der Waals surface area (Å²) in [7, 11) is 1.91. The molecule has 0 fully saturated rings. The van der Waals surface area contributed by atoms with Crippen LogP contribution in [-0.4, -0.2) is 29.4 Å². The maximum absolute atomic E-state index is 11.9. The lowest BCUT2D eigenvalue weighted by Crippen LogP contribution is -2.25. The van der Waals surface area contributed by atoms with Crippen LogP contribution in [0.1, 0.15) is 28.7 Å². The van der Waals surface area contributed by atoms with Gasteiger partial charge in [-0.05, 0) is 19.1 Å². The summed E-state index contributed by atoms with van der Waals surface area (Å²) in [5, 5.41) is 3.47. The lowest BCUT2D eigenvalue weighted by molar-refractivity contribution is 0.0952. The Morgan fingerprint density at radius 3 is 3.06 bits per heavy atom. The average molecular weight is 266 g/mol. The highest BCUT2D eigenvalue weighted by Gasteiger charge is 2.18. The number of hydrogen-bond acceptors (Lipinski definition) is 2. The van der Waals surface area contributed by atoms with Gasteiger partial charge in [-0.15, -0.1) is 0 Å². The number of amides is 1. The Balaban J connectivity index is 2.16. The molecule has 96 valence electrons. The van der Waals surface area contributed by atoms with Gasteiger partial charge in [0, 0.05) is 24.8 Å². The molecule has 2 heterocycles. The van der Waals surface area contributed by atoms with Crippen LogP contribution in [0.3, 0.4) is 0 Å². The van der Waals surface area contributed by atoms with Crippen LogP contribution in [0.2, 0.25) is 0 Å². The minimum atomic E-state index is -0.125. The molecule has 0 bridgehead atoms. The molecule has 0 aromatic carbocycles. The molecular formula is C13H16ClN3O. The van der Waals surface area contributed by atoms with Crippen molar-refractivity contribution in [3.05, 3.63) is 40.3 Å². The van der Waals surface area contributed by atoms with E-state index in [9.17, 15) is 4.79 Å². The van der Waals surface area contributed by atoms with E-state index in [1.807, 2.05) is 31.0 Å². The van der Waals surface area contributed by atoms with Crippen LogP contribution in [0.15, 0.2) is 23.4 Å². The van der Waals surface area contributed by atoms with Gasteiger partial charge in [-0.1, -0.05) is 23.8 Å². The van der Waals surface area contributed by atoms with Crippen molar-refractivity contribution in [1.82, 2.24) is 15.2 Å². The van der Waals surface area contributed by atoms with E-state index in [2.05, 4.69) is 16.9 Å². The first-order chi connectivity index (χ1) is 8.47. The Morgan fingerprint density at radius 1 is 1.67 bits per heavy atom. The van der Waals surface area contributed by atoms with Crippen LogP contribution in [0, 0.1) is 0 Å². The van der Waals surface area contributed by atoms with Gasteiger partial charge in [0.2, 0.25) is 0 Å². The van der Waals surface area contributed by atoms with Gasteiger partial charge in [-0.3, -0.25) is 4.79 Å². The number of halogens is 1. The van der Waals surface area contributed by atoms with Crippen molar-refractivity contribution >= 4 is 23.6 Å². The standard InChI is InChI=1S/C13H16ClN3O/c1-8(2)6-15-13(18)10-4-9-5-12(14)17(3)7-11(9)16-10/h4-5,16H,1,6-7H2,2-3H3,(H,15,18). The van der Waals surface area contributed by atoms with Crippen molar-refractivity contribution < 1.29 is 4.79 Å². The SMILES string of the molecule is C=C(C)CNC(=O)c1cc2c([nH]1)CN(C)C(Cl)=C2. The molecule has 1 amide bonds. The fraction of sp³-hybridized carbons (Fsp3) is 0.308. The molecule has 0 saturated heterocycles. The van der Waals surface area contributed by atoms with Crippen LogP contribution < -0.4 is 5.32 Å². The zero-order chi connectivity index (χ0) is 13.3. The fourth-order valence-electron chi connectivity index (χ4n) is 1.77. The fourth-order valence-corrected chi connectivity index (χ4v) is 1.95. The lowest BCUT2D eigenvalue weighted by Gasteiger charge is -2.21. The molecule has 0 spiro atoms. The molecule has 5 heteroatoms. The largest absolute Gasteiger partial charge is 0.360 e. The Labute approximate surface area is 111 Å². The number of rotatable bonds is 3. The zero-order valence-corrected chi connectivity index (χ0v) is 11.3. The molecular weight excluding hydrogens is 250 g/mol. The van der Waals surface area contributed by atoms with Gasteiger partial charge in [-0.2, -0.15) is 0 Å². The van der Waals surface area contributed by atoms with Gasteiger partial charge in [0.1, 0.15) is 10.9 Å². The van der Waals surface area contributed by atoms with Crippen molar-refractivity contribution in [2.75, 3.05) is 13.6 Å². The number of hydrogen-bond donors (Lipinski definition) is 2. The molecule has 0 radical (unpaired) electrons. The maximum atomic E-state index is 11.9. The first-order valence-corrected chi connectivity index (χ1v) is 6.08. The third kappa shape index (κ3) is 2.59. The highest BCUT2D eigenvalue weighted by Crippen LogP contribution is 2.25. The van der Waals surface area contributed by atoms with Gasteiger partial charge in [0.25, 0.3) is 5.91 Å². The number of carbonyl (C=O) groups excluding carboxylic acids is 1. The topological polar surface area (TPSA) is 48.1 Å². The van der Waals surface area contributed by atoms with Crippen molar-refractivity contribution in [2.24, 2.45) is 0 Å². The summed E-state index contributed by atoms with van der Waals surface area (Å²) < 4.78 is 0. The number of fused-ring (bicyclic) bond motifs is 1. The molecule has 1 aliphatic heterocycles. The van der Waals surface area contributed by atoms with E-state index in [0.717, 1.165) is 16.8 Å². The summed E-state index contributed by atoms with van der Waals surface area (Å²) in [5.74, 6) is -0.125. The van der Waals surface area contributed by atoms with E-state index in [-0.39, 0.29) is 5.91 Å². The van der Waals surface area contributed by atoms with E-state index in [4.69, 9.17) is 11.6 Å². The molecule has 1 aliphatic rings. The molecule has 0 aliphatic carbocycles. The van der Waals surface area contributed by atoms with Gasteiger partial charge in [-0.25, -0.2) is 0 Å². The first kappa shape index (κ1) is 12.8. The summed E-state index contributed by atoms with van der Waals surface area (Å²) in [6.45, 7) is 6.78. The summed E-state index contributed by atoms with van der Waals surface area (Å²) in [4.78, 5) is 16.9. The Hall–Kier alpha value is -1.68. The van der Waals surface area contributed by atoms with Gasteiger partial charge < -0.3 is 15.2 Å². The monoisotopic (exact) mass is 265 g/mol. The molecule has 18 heavy (non-hydrogen) atoms. The number of nitrogens with one attached hydrogen (secondary N) is 2. The first-order valence-electron chi connectivity index (χ1n) is 5.70. The van der Waals surface area contributed by atoms with E-state index >= 15 is 0 Å². The molecule has 4 nitrogen and oxygen atoms in total. The highest BCUT2D eigenvalue weighted by molar-refractivity contribution is 6.31. The Morgan fingerprint density at radius 2 is 2.39 bits per heavy atom. The van der Waals surface area contributed by atoms with E-state index < -0.39 is 0 Å². The number of carbonyl (C=O) groups is 1. The second-order valence-electron chi connectivity index (χ2n) is 4.58. The predicted octanol–water partition coefficient (Wildman–Crippen LogP) is 2.30. The van der Waals surface area contributed by atoms with Crippen LogP contribution in [0.25, 0.3) is 6.08 Å². The maximum Gasteiger partial charge on any atom is 0.267 e. The van der Waals surface area contributed by atoms with Crippen molar-refractivity contribution in [3.8, 4) is 0 Å². The molecule has 1 aromatic heterocycles. The normalized spacial score (nSPS) is 13.9. The predicted molar refractivity (Wildman–Crippen MR) is 73.2 cm³/mol. The van der Waals surface area contributed by atoms with Crippen LogP contribution in [0.4, 0.5) is 0 Å². The smallest absolute Gasteiger partial charge is 0.267 e. The van der Waals surface area contributed by atoms with Gasteiger partial charge in [0.15, 0.2) is 0 Å². The number of H-pyrrole nitrogens is 1. The molecule has 0 unspecified atom stereocenters. The number of nitrogens with zero attached hydrogens (tertiary/aromatic N) is 1. The molecule has 1 aromatic rings. The Kier molecular flexibility index (Phi) is 3.48. The number of aromatic amines is 1. The third-order valence-electron chi connectivity index (χ3n) is 2.76. The highest BCUT2D eigenvalue weighted by atomic mass is 35.5. The number of aromatic nitrogens is 1. The van der Waals surface area contributed by atoms with Crippen molar-refractivity contribution in [1.29, 1.82) is 0 Å². The summed E-state index contributed by atoms with van der Waals surface area (Å²) in [6, 6.07) is 1.82. The molecule has 0 atom stereocenters. The van der Waals surface area contributed by atoms with E-state index in [1.165, 1.54) is 0 Å². The molecule has 2 N–H and O–H groups in total. The summed E-state index contributed by atoms with van der Waals surface area (Å²) in [6.07, 6.45) is 1.85. The van der Waals surface area contributed by atoms with Gasteiger partial charge in [0.05, 0.1) is 6.54 Å². The van der Waals surface area contributed by atoms with Crippen molar-refractivity contribution in [2.45, 2.75) is 13.5 Å². The van der Waals surface area contributed by atoms with Crippen LogP contribution >= 0.6 is 11.6 Å². The van der Waals surface area contributed by atoms with Gasteiger partial charge >= 0.3 is 0 Å². The minimum Gasteiger partial charge on any atom is -0.360 e. The van der Waals surface area contributed by atoms with Crippen LogP contribution in [0.5, 0.6) is 0 Å². The van der Waals surface area contributed by atoms with Crippen LogP contribution in [-0.2, 0) is 6.54 Å². The van der Waals surface area contributed by atoms with E-state index in [0.29, 0.717) is 23.9 Å². The van der Waals surface area contributed by atoms with E-state index in [1.54, 1.807) is 0 Å². The second kappa shape index (κ2) is 4.90. The second-order valence-corrected chi connectivity index (χ2v) is 4.97. The average Bonchev–Trinajstić information content (AvgIpc) is 2.69. The lowest BCUT2D eigenvalue weighted by atomic mass is 10.2. The summed E-state index contributed by atoms with van der Waals surface area (Å²) >= 11 is 6.05.